The molecule has 0 aromatic carbocycles. The number of hydroxylamine groups is 2. The van der Waals surface area contributed by atoms with Gasteiger partial charge in [-0.3, -0.25) is 0 Å². The van der Waals surface area contributed by atoms with Gasteiger partial charge in [0.25, 0.3) is 0 Å². The lowest BCUT2D eigenvalue weighted by Gasteiger charge is -2.04. The Balaban J connectivity index is 2.69. The summed E-state index contributed by atoms with van der Waals surface area (Å²) in [4.78, 5) is 0. The minimum Gasteiger partial charge on any atom is -0.624 e. The van der Waals surface area contributed by atoms with E-state index >= 15 is 0 Å². The molecule has 38 valence electrons. The summed E-state index contributed by atoms with van der Waals surface area (Å²) >= 11 is 5.36. The molecule has 2 nitrogen and oxygen atoms in total. The Labute approximate surface area is 46.3 Å². The molecule has 7 heavy (non-hydrogen) atoms. The third-order valence-electron chi connectivity index (χ3n) is 0.687. The number of halogens is 1. The molecule has 1 aliphatic rings. The Kier molecular flexibility index (Phi) is 1.15. The largest absolute Gasteiger partial charge is 0.624 e. The highest BCUT2D eigenvalue weighted by Gasteiger charge is 1.97. The Hall–Kier alpha value is -0.310. The lowest BCUT2D eigenvalue weighted by Crippen LogP contribution is -2.95. The second-order valence-corrected chi connectivity index (χ2v) is 1.70. The van der Waals surface area contributed by atoms with Crippen LogP contribution in [0, 0.1) is 5.21 Å². The van der Waals surface area contributed by atoms with Gasteiger partial charge in [-0.15, -0.1) is 0 Å². The van der Waals surface area contributed by atoms with Crippen LogP contribution in [0.1, 0.15) is 0 Å². The molecular weight excluding hydrogens is 114 g/mol. The number of hydrogen-bond acceptors (Lipinski definition) is 1. The lowest BCUT2D eigenvalue weighted by atomic mass is 10.6. The maximum absolute atomic E-state index is 10.2. The van der Waals surface area contributed by atoms with E-state index in [-0.39, 0.29) is 5.06 Å². The lowest BCUT2D eigenvalue weighted by molar-refractivity contribution is -0.727. The van der Waals surface area contributed by atoms with Gasteiger partial charge in [-0.1, -0.05) is 11.6 Å². The normalized spacial score (nSPS) is 28.3. The predicted molar refractivity (Wildman–Crippen MR) is 27.4 cm³/mol. The van der Waals surface area contributed by atoms with Crippen LogP contribution < -0.4 is 5.06 Å². The van der Waals surface area contributed by atoms with Crippen LogP contribution in [-0.4, -0.2) is 0 Å². The predicted octanol–water partition coefficient (Wildman–Crippen LogP) is -0.0234. The smallest absolute Gasteiger partial charge is 0.118 e. The van der Waals surface area contributed by atoms with Crippen LogP contribution in [0.25, 0.3) is 0 Å². The summed E-state index contributed by atoms with van der Waals surface area (Å²) in [5.41, 5.74) is 0. The van der Waals surface area contributed by atoms with Gasteiger partial charge in [-0.2, -0.15) is 0 Å². The van der Waals surface area contributed by atoms with Gasteiger partial charge >= 0.3 is 0 Å². The molecule has 1 heterocycles. The fourth-order valence-corrected chi connectivity index (χ4v) is 0.564. The molecule has 1 aliphatic heterocycles. The average molecular weight is 118 g/mol. The van der Waals surface area contributed by atoms with E-state index in [1.807, 2.05) is 0 Å². The molecule has 0 aliphatic carbocycles. The fourth-order valence-electron chi connectivity index (χ4n) is 0.394. The Morgan fingerprint density at radius 2 is 2.43 bits per heavy atom. The van der Waals surface area contributed by atoms with E-state index in [1.165, 1.54) is 12.4 Å². The maximum Gasteiger partial charge on any atom is 0.118 e. The summed E-state index contributed by atoms with van der Waals surface area (Å²) in [6, 6.07) is 0. The molecule has 3 heteroatoms. The van der Waals surface area contributed by atoms with Crippen LogP contribution in [0.5, 0.6) is 0 Å². The highest BCUT2D eigenvalue weighted by Crippen LogP contribution is 2.00. The Morgan fingerprint density at radius 1 is 1.71 bits per heavy atom. The molecule has 0 radical (unpaired) electrons. The van der Waals surface area contributed by atoms with Crippen molar-refractivity contribution >= 4 is 11.6 Å². The van der Waals surface area contributed by atoms with E-state index in [9.17, 15) is 5.21 Å². The molecule has 0 aromatic rings. The standard InChI is InChI=1S/C4H4ClNO/c5-4-1-2-6(7)3-4/h1-3,6H. The van der Waals surface area contributed by atoms with Gasteiger partial charge in [0.2, 0.25) is 0 Å². The van der Waals surface area contributed by atoms with Gasteiger partial charge in [-0.05, 0) is 0 Å². The van der Waals surface area contributed by atoms with Crippen LogP contribution in [0.4, 0.5) is 0 Å². The average Bonchev–Trinajstić information content (AvgIpc) is 1.87. The van der Waals surface area contributed by atoms with Crippen LogP contribution >= 0.6 is 11.6 Å². The topological polar surface area (TPSA) is 27.5 Å². The van der Waals surface area contributed by atoms with Crippen LogP contribution in [0.15, 0.2) is 23.5 Å². The minimum atomic E-state index is -0.0231. The molecule has 0 saturated carbocycles. The van der Waals surface area contributed by atoms with Crippen LogP contribution in [-0.2, 0) is 0 Å². The summed E-state index contributed by atoms with van der Waals surface area (Å²) in [7, 11) is 0. The number of quaternary nitrogens is 1. The summed E-state index contributed by atoms with van der Waals surface area (Å²) < 4.78 is 0. The highest BCUT2D eigenvalue weighted by atomic mass is 35.5. The van der Waals surface area contributed by atoms with Crippen molar-refractivity contribution < 1.29 is 5.06 Å². The molecule has 0 amide bonds. The maximum atomic E-state index is 10.2. The first-order valence-corrected chi connectivity index (χ1v) is 2.26. The van der Waals surface area contributed by atoms with E-state index in [0.717, 1.165) is 0 Å². The van der Waals surface area contributed by atoms with E-state index in [0.29, 0.717) is 5.03 Å². The molecule has 1 N–H and O–H groups in total. The monoisotopic (exact) mass is 117 g/mol. The zero-order valence-corrected chi connectivity index (χ0v) is 4.27. The van der Waals surface area contributed by atoms with Gasteiger partial charge in [0.15, 0.2) is 0 Å². The van der Waals surface area contributed by atoms with Crippen molar-refractivity contribution in [2.24, 2.45) is 0 Å². The van der Waals surface area contributed by atoms with E-state index < -0.39 is 0 Å². The fraction of sp³-hybridized carbons (Fsp3) is 0. The van der Waals surface area contributed by atoms with Crippen LogP contribution in [0.3, 0.4) is 0 Å². The van der Waals surface area contributed by atoms with Crippen molar-refractivity contribution in [2.45, 2.75) is 0 Å². The van der Waals surface area contributed by atoms with Crippen LogP contribution in [0.2, 0.25) is 0 Å². The van der Waals surface area contributed by atoms with E-state index in [4.69, 9.17) is 11.6 Å². The summed E-state index contributed by atoms with van der Waals surface area (Å²) in [5, 5.41) is 10.7. The molecule has 0 aromatic heterocycles. The highest BCUT2D eigenvalue weighted by molar-refractivity contribution is 6.31. The first-order valence-electron chi connectivity index (χ1n) is 1.88. The van der Waals surface area contributed by atoms with E-state index in [1.54, 1.807) is 6.08 Å². The summed E-state index contributed by atoms with van der Waals surface area (Å²) in [5.74, 6) is 0. The first-order chi connectivity index (χ1) is 3.29. The summed E-state index contributed by atoms with van der Waals surface area (Å²) in [6.45, 7) is 0. The molecular formula is C4H4ClNO. The molecule has 1 rings (SSSR count). The molecule has 1 unspecified atom stereocenters. The van der Waals surface area contributed by atoms with Crippen molar-refractivity contribution in [1.82, 2.24) is 0 Å². The van der Waals surface area contributed by atoms with Crippen molar-refractivity contribution in [3.05, 3.63) is 28.7 Å². The second-order valence-electron chi connectivity index (χ2n) is 1.26. The zero-order valence-electron chi connectivity index (χ0n) is 3.52. The van der Waals surface area contributed by atoms with Gasteiger partial charge in [-0.25, -0.2) is 0 Å². The molecule has 1 atom stereocenters. The number of nitrogens with one attached hydrogen (secondary N) is 1. The van der Waals surface area contributed by atoms with Gasteiger partial charge in [0.05, 0.1) is 5.03 Å². The molecule has 0 fully saturated rings. The van der Waals surface area contributed by atoms with Crippen molar-refractivity contribution in [3.8, 4) is 0 Å². The second kappa shape index (κ2) is 1.66. The van der Waals surface area contributed by atoms with E-state index in [2.05, 4.69) is 0 Å². The third kappa shape index (κ3) is 1.03. The van der Waals surface area contributed by atoms with Crippen molar-refractivity contribution in [2.75, 3.05) is 0 Å². The third-order valence-corrected chi connectivity index (χ3v) is 0.922. The minimum absolute atomic E-state index is 0.0231. The molecule has 0 saturated heterocycles. The Bertz CT molecular complexity index is 130. The molecule has 0 spiro atoms. The molecule has 0 bridgehead atoms. The quantitative estimate of drug-likeness (QED) is 0.444. The van der Waals surface area contributed by atoms with Crippen molar-refractivity contribution in [3.63, 3.8) is 0 Å². The Morgan fingerprint density at radius 3 is 2.57 bits per heavy atom. The number of hydrogen-bond donors (Lipinski definition) is 1. The first kappa shape index (κ1) is 4.84. The van der Waals surface area contributed by atoms with Crippen molar-refractivity contribution in [1.29, 1.82) is 0 Å². The SMILES string of the molecule is [O-][NH+]1C=CC(Cl)=C1. The summed E-state index contributed by atoms with van der Waals surface area (Å²) in [6.07, 6.45) is 4.38. The van der Waals surface area contributed by atoms with Gasteiger partial charge in [0.1, 0.15) is 12.4 Å². The zero-order chi connectivity index (χ0) is 5.28. The van der Waals surface area contributed by atoms with Gasteiger partial charge in [0, 0.05) is 6.08 Å². The van der Waals surface area contributed by atoms with Gasteiger partial charge < -0.3 is 10.3 Å². The number of rotatable bonds is 0. The number of allylic oxidation sites excluding steroid dienone is 2.